The number of pyridine rings is 1. The Morgan fingerprint density at radius 3 is 3.00 bits per heavy atom. The number of carboxylic acids is 1. The standard InChI is InChI=1S/C17H13ClFN3O4/c18-10-1-2-11-13(14(10)19)17(26-16(25)21-11)4-6-22(8-17)9-3-5-20-12(7-9)15(23)24/h1-3,5,7H,4,6,8H2,(H,21,25)(H,23,24)/t17-/m1/s1. The highest BCUT2D eigenvalue weighted by atomic mass is 35.5. The fourth-order valence-corrected chi connectivity index (χ4v) is 3.64. The van der Waals surface area contributed by atoms with Gasteiger partial charge in [-0.2, -0.15) is 0 Å². The fraction of sp³-hybridized carbons (Fsp3) is 0.235. The summed E-state index contributed by atoms with van der Waals surface area (Å²) in [6, 6.07) is 6.01. The third kappa shape index (κ3) is 2.53. The Bertz CT molecular complexity index is 938. The number of fused-ring (bicyclic) bond motifs is 2. The maximum absolute atomic E-state index is 14.7. The lowest BCUT2D eigenvalue weighted by atomic mass is 9.89. The normalized spacial score (nSPS) is 21.3. The highest BCUT2D eigenvalue weighted by Gasteiger charge is 2.49. The molecule has 0 saturated carbocycles. The van der Waals surface area contributed by atoms with Crippen molar-refractivity contribution < 1.29 is 23.8 Å². The molecule has 2 aliphatic heterocycles. The minimum Gasteiger partial charge on any atom is -0.477 e. The molecule has 1 saturated heterocycles. The van der Waals surface area contributed by atoms with Crippen LogP contribution in [0, 0.1) is 5.82 Å². The Morgan fingerprint density at radius 2 is 2.23 bits per heavy atom. The van der Waals surface area contributed by atoms with E-state index >= 15 is 0 Å². The molecule has 0 aliphatic carbocycles. The van der Waals surface area contributed by atoms with Crippen LogP contribution >= 0.6 is 11.6 Å². The number of halogens is 2. The smallest absolute Gasteiger partial charge is 0.412 e. The number of ether oxygens (including phenoxy) is 1. The first-order valence-electron chi connectivity index (χ1n) is 7.82. The van der Waals surface area contributed by atoms with E-state index in [1.165, 1.54) is 18.3 Å². The third-order valence-electron chi connectivity index (χ3n) is 4.63. The van der Waals surface area contributed by atoms with Crippen molar-refractivity contribution in [3.05, 3.63) is 52.6 Å². The van der Waals surface area contributed by atoms with Gasteiger partial charge in [-0.05, 0) is 24.3 Å². The molecule has 2 aliphatic rings. The van der Waals surface area contributed by atoms with Crippen molar-refractivity contribution in [2.24, 2.45) is 0 Å². The van der Waals surface area contributed by atoms with Crippen molar-refractivity contribution >= 4 is 35.0 Å². The first-order valence-corrected chi connectivity index (χ1v) is 8.20. The number of rotatable bonds is 2. The van der Waals surface area contributed by atoms with Crippen molar-refractivity contribution in [1.29, 1.82) is 0 Å². The van der Waals surface area contributed by atoms with Gasteiger partial charge < -0.3 is 14.7 Å². The van der Waals surface area contributed by atoms with E-state index in [1.54, 1.807) is 12.1 Å². The number of nitrogens with one attached hydrogen (secondary N) is 1. The van der Waals surface area contributed by atoms with E-state index in [0.29, 0.717) is 24.3 Å². The van der Waals surface area contributed by atoms with E-state index in [2.05, 4.69) is 10.3 Å². The fourth-order valence-electron chi connectivity index (χ4n) is 3.49. The summed E-state index contributed by atoms with van der Waals surface area (Å²) >= 11 is 5.92. The van der Waals surface area contributed by atoms with E-state index in [0.717, 1.165) is 0 Å². The zero-order valence-electron chi connectivity index (χ0n) is 13.3. The molecule has 1 spiro atoms. The number of anilines is 2. The van der Waals surface area contributed by atoms with Gasteiger partial charge in [0.05, 0.1) is 22.8 Å². The second-order valence-electron chi connectivity index (χ2n) is 6.17. The molecule has 3 heterocycles. The Morgan fingerprint density at radius 1 is 1.42 bits per heavy atom. The number of hydrogen-bond acceptors (Lipinski definition) is 5. The molecule has 26 heavy (non-hydrogen) atoms. The molecule has 1 amide bonds. The average Bonchev–Trinajstić information content (AvgIpc) is 3.02. The molecule has 0 bridgehead atoms. The SMILES string of the molecule is O=C1Nc2ccc(Cl)c(F)c2[C@]2(CCN(c3ccnc(C(=O)O)c3)C2)O1. The molecule has 7 nitrogen and oxygen atoms in total. The van der Waals surface area contributed by atoms with Crippen LogP contribution in [0.3, 0.4) is 0 Å². The summed E-state index contributed by atoms with van der Waals surface area (Å²) < 4.78 is 20.2. The molecule has 9 heteroatoms. The van der Waals surface area contributed by atoms with Crippen LogP contribution in [-0.2, 0) is 10.3 Å². The Balaban J connectivity index is 1.74. The van der Waals surface area contributed by atoms with Crippen LogP contribution in [0.15, 0.2) is 30.5 Å². The summed E-state index contributed by atoms with van der Waals surface area (Å²) in [6.45, 7) is 0.621. The van der Waals surface area contributed by atoms with Crippen molar-refractivity contribution in [2.75, 3.05) is 23.3 Å². The maximum Gasteiger partial charge on any atom is 0.412 e. The number of hydrogen-bond donors (Lipinski definition) is 2. The van der Waals surface area contributed by atoms with Gasteiger partial charge in [-0.3, -0.25) is 5.32 Å². The first-order chi connectivity index (χ1) is 12.4. The molecule has 1 fully saturated rings. The van der Waals surface area contributed by atoms with Crippen LogP contribution in [-0.4, -0.2) is 35.2 Å². The van der Waals surface area contributed by atoms with E-state index in [9.17, 15) is 14.0 Å². The monoisotopic (exact) mass is 377 g/mol. The van der Waals surface area contributed by atoms with Gasteiger partial charge in [0.2, 0.25) is 0 Å². The van der Waals surface area contributed by atoms with Gasteiger partial charge >= 0.3 is 12.1 Å². The molecule has 1 aromatic heterocycles. The van der Waals surface area contributed by atoms with Crippen molar-refractivity contribution in [3.63, 3.8) is 0 Å². The number of carbonyl (C=O) groups excluding carboxylic acids is 1. The second kappa shape index (κ2) is 5.84. The average molecular weight is 378 g/mol. The minimum atomic E-state index is -1.20. The highest BCUT2D eigenvalue weighted by molar-refractivity contribution is 6.31. The van der Waals surface area contributed by atoms with Gasteiger partial charge in [0.15, 0.2) is 11.4 Å². The van der Waals surface area contributed by atoms with E-state index < -0.39 is 23.5 Å². The number of benzene rings is 1. The predicted octanol–water partition coefficient (Wildman–Crippen LogP) is 3.24. The molecule has 4 rings (SSSR count). The molecule has 0 radical (unpaired) electrons. The molecule has 134 valence electrons. The van der Waals surface area contributed by atoms with Crippen molar-refractivity contribution in [3.8, 4) is 0 Å². The van der Waals surface area contributed by atoms with Crippen LogP contribution in [0.4, 0.5) is 20.6 Å². The Hall–Kier alpha value is -2.87. The van der Waals surface area contributed by atoms with Crippen LogP contribution in [0.5, 0.6) is 0 Å². The lowest BCUT2D eigenvalue weighted by Gasteiger charge is -2.36. The quantitative estimate of drug-likeness (QED) is 0.834. The molecule has 1 aromatic carbocycles. The van der Waals surface area contributed by atoms with Gasteiger partial charge in [-0.1, -0.05) is 11.6 Å². The van der Waals surface area contributed by atoms with Crippen molar-refractivity contribution in [1.82, 2.24) is 4.98 Å². The lowest BCUT2D eigenvalue weighted by Crippen LogP contribution is -2.42. The minimum absolute atomic E-state index is 0.0570. The van der Waals surface area contributed by atoms with Gasteiger partial charge in [0.25, 0.3) is 0 Å². The van der Waals surface area contributed by atoms with Crippen molar-refractivity contribution in [2.45, 2.75) is 12.0 Å². The van der Waals surface area contributed by atoms with Gasteiger partial charge in [0, 0.05) is 24.8 Å². The second-order valence-corrected chi connectivity index (χ2v) is 6.58. The summed E-state index contributed by atoms with van der Waals surface area (Å²) in [4.78, 5) is 28.7. The molecular formula is C17H13ClFN3O4. The number of aromatic carboxylic acids is 1. The van der Waals surface area contributed by atoms with Crippen LogP contribution in [0.2, 0.25) is 5.02 Å². The number of carboxylic acid groups (broad SMARTS) is 1. The summed E-state index contributed by atoms with van der Waals surface area (Å²) in [6.07, 6.45) is 1.07. The molecule has 2 aromatic rings. The zero-order chi connectivity index (χ0) is 18.5. The topological polar surface area (TPSA) is 91.8 Å². The molecular weight excluding hydrogens is 365 g/mol. The number of nitrogens with zero attached hydrogens (tertiary/aromatic N) is 2. The number of carbonyl (C=O) groups is 2. The predicted molar refractivity (Wildman–Crippen MR) is 91.2 cm³/mol. The van der Waals surface area contributed by atoms with Crippen LogP contribution in [0.25, 0.3) is 0 Å². The lowest BCUT2D eigenvalue weighted by molar-refractivity contribution is 0.0264. The molecule has 0 unspecified atom stereocenters. The Kier molecular flexibility index (Phi) is 3.73. The van der Waals surface area contributed by atoms with E-state index in [1.807, 2.05) is 4.90 Å². The zero-order valence-corrected chi connectivity index (χ0v) is 14.1. The van der Waals surface area contributed by atoms with E-state index in [4.69, 9.17) is 21.4 Å². The maximum atomic E-state index is 14.7. The molecule has 2 N–H and O–H groups in total. The summed E-state index contributed by atoms with van der Waals surface area (Å²) in [5.41, 5.74) is -0.155. The van der Waals surface area contributed by atoms with Gasteiger partial charge in [-0.25, -0.2) is 19.0 Å². The number of amides is 1. The summed E-state index contributed by atoms with van der Waals surface area (Å²) in [7, 11) is 0. The first kappa shape index (κ1) is 16.6. The highest BCUT2D eigenvalue weighted by Crippen LogP contribution is 2.46. The van der Waals surface area contributed by atoms with Crippen LogP contribution in [0.1, 0.15) is 22.5 Å². The Labute approximate surface area is 152 Å². The van der Waals surface area contributed by atoms with Gasteiger partial charge in [-0.15, -0.1) is 0 Å². The largest absolute Gasteiger partial charge is 0.477 e. The van der Waals surface area contributed by atoms with E-state index in [-0.39, 0.29) is 22.8 Å². The summed E-state index contributed by atoms with van der Waals surface area (Å²) in [5.74, 6) is -1.77. The van der Waals surface area contributed by atoms with Gasteiger partial charge in [0.1, 0.15) is 5.69 Å². The van der Waals surface area contributed by atoms with Crippen LogP contribution < -0.4 is 10.2 Å². The number of aromatic nitrogens is 1. The third-order valence-corrected chi connectivity index (χ3v) is 4.93. The summed E-state index contributed by atoms with van der Waals surface area (Å²) in [5, 5.41) is 11.5. The molecule has 1 atom stereocenters.